The average Bonchev–Trinajstić information content (AvgIpc) is 2.18. The van der Waals surface area contributed by atoms with Gasteiger partial charge in [0, 0.05) is 17.4 Å². The number of unbranched alkanes of at least 4 members (excludes halogenated alkanes) is 1. The normalized spacial score (nSPS) is 9.50. The van der Waals surface area contributed by atoms with E-state index in [1.165, 1.54) is 0 Å². The van der Waals surface area contributed by atoms with Crippen molar-refractivity contribution in [3.63, 3.8) is 0 Å². The fourth-order valence-corrected chi connectivity index (χ4v) is 1.25. The highest BCUT2D eigenvalue weighted by atomic mass is 79.9. The maximum Gasteiger partial charge on any atom is 0.126 e. The average molecular weight is 254 g/mol. The van der Waals surface area contributed by atoms with Gasteiger partial charge in [-0.3, -0.25) is 0 Å². The largest absolute Gasteiger partial charge is 0.370 e. The van der Waals surface area contributed by atoms with Crippen molar-refractivity contribution in [2.45, 2.75) is 19.8 Å². The molecule has 1 aromatic rings. The Labute approximate surface area is 92.3 Å². The van der Waals surface area contributed by atoms with E-state index < -0.39 is 0 Å². The van der Waals surface area contributed by atoms with Gasteiger partial charge in [0.1, 0.15) is 5.82 Å². The summed E-state index contributed by atoms with van der Waals surface area (Å²) in [5, 5.41) is 11.5. The molecule has 1 heterocycles. The standard InChI is InChI=1S/C10H12BrN3/c1-8-9(11)4-5-10(14-8)13-7-3-2-6-12/h4-5H,2-3,7H2,1H3,(H,13,14). The molecule has 0 saturated carbocycles. The molecule has 0 spiro atoms. The lowest BCUT2D eigenvalue weighted by Crippen LogP contribution is -2.03. The number of nitrogens with zero attached hydrogens (tertiary/aromatic N) is 2. The summed E-state index contributed by atoms with van der Waals surface area (Å²) < 4.78 is 1.01. The van der Waals surface area contributed by atoms with E-state index in [1.807, 2.05) is 19.1 Å². The number of aryl methyl sites for hydroxylation is 1. The minimum atomic E-state index is 0.586. The summed E-state index contributed by atoms with van der Waals surface area (Å²) in [6, 6.07) is 5.99. The van der Waals surface area contributed by atoms with Crippen molar-refractivity contribution in [3.8, 4) is 6.07 Å². The predicted molar refractivity (Wildman–Crippen MR) is 60.0 cm³/mol. The van der Waals surface area contributed by atoms with E-state index in [2.05, 4.69) is 32.3 Å². The van der Waals surface area contributed by atoms with Crippen LogP contribution in [-0.4, -0.2) is 11.5 Å². The molecule has 1 N–H and O–H groups in total. The number of pyridine rings is 1. The van der Waals surface area contributed by atoms with Crippen LogP contribution in [0.15, 0.2) is 16.6 Å². The Kier molecular flexibility index (Phi) is 4.41. The Morgan fingerprint density at radius 1 is 1.57 bits per heavy atom. The van der Waals surface area contributed by atoms with Gasteiger partial charge in [0.15, 0.2) is 0 Å². The maximum atomic E-state index is 8.34. The van der Waals surface area contributed by atoms with E-state index >= 15 is 0 Å². The Balaban J connectivity index is 2.44. The highest BCUT2D eigenvalue weighted by Crippen LogP contribution is 2.15. The first-order valence-corrected chi connectivity index (χ1v) is 5.27. The second kappa shape index (κ2) is 5.61. The van der Waals surface area contributed by atoms with Crippen molar-refractivity contribution < 1.29 is 0 Å². The molecule has 0 amide bonds. The van der Waals surface area contributed by atoms with Gasteiger partial charge in [0.2, 0.25) is 0 Å². The summed E-state index contributed by atoms with van der Waals surface area (Å²) in [5.74, 6) is 0.864. The molecule has 1 rings (SSSR count). The van der Waals surface area contributed by atoms with E-state index in [4.69, 9.17) is 5.26 Å². The topological polar surface area (TPSA) is 48.7 Å². The molecule has 0 unspecified atom stereocenters. The van der Waals surface area contributed by atoms with Crippen LogP contribution in [0.3, 0.4) is 0 Å². The first-order chi connectivity index (χ1) is 6.74. The quantitative estimate of drug-likeness (QED) is 0.840. The molecule has 0 aliphatic rings. The molecule has 0 saturated heterocycles. The summed E-state index contributed by atoms with van der Waals surface area (Å²) in [6.07, 6.45) is 1.44. The van der Waals surface area contributed by atoms with Gasteiger partial charge in [-0.2, -0.15) is 5.26 Å². The number of nitrogens with one attached hydrogen (secondary N) is 1. The highest BCUT2D eigenvalue weighted by molar-refractivity contribution is 9.10. The zero-order valence-corrected chi connectivity index (χ0v) is 9.63. The predicted octanol–water partition coefficient (Wildman–Crippen LogP) is 2.87. The number of halogens is 1. The third-order valence-electron chi connectivity index (χ3n) is 1.79. The van der Waals surface area contributed by atoms with Gasteiger partial charge in [-0.05, 0) is 41.4 Å². The molecule has 74 valence electrons. The van der Waals surface area contributed by atoms with Gasteiger partial charge in [0.25, 0.3) is 0 Å². The van der Waals surface area contributed by atoms with Crippen molar-refractivity contribution in [1.29, 1.82) is 5.26 Å². The molecule has 0 aliphatic carbocycles. The van der Waals surface area contributed by atoms with Gasteiger partial charge < -0.3 is 5.32 Å². The Bertz CT molecular complexity index is 344. The summed E-state index contributed by atoms with van der Waals surface area (Å²) in [4.78, 5) is 4.33. The monoisotopic (exact) mass is 253 g/mol. The Morgan fingerprint density at radius 3 is 3.00 bits per heavy atom. The van der Waals surface area contributed by atoms with Crippen LogP contribution >= 0.6 is 15.9 Å². The third kappa shape index (κ3) is 3.35. The van der Waals surface area contributed by atoms with Crippen LogP contribution in [0, 0.1) is 18.3 Å². The number of rotatable bonds is 4. The van der Waals surface area contributed by atoms with Gasteiger partial charge in [-0.25, -0.2) is 4.98 Å². The van der Waals surface area contributed by atoms with Crippen molar-refractivity contribution >= 4 is 21.7 Å². The molecular formula is C10H12BrN3. The summed E-state index contributed by atoms with van der Waals surface area (Å²) in [6.45, 7) is 2.74. The van der Waals surface area contributed by atoms with Gasteiger partial charge in [-0.15, -0.1) is 0 Å². The van der Waals surface area contributed by atoms with Crippen LogP contribution < -0.4 is 5.32 Å². The SMILES string of the molecule is Cc1nc(NCCCC#N)ccc1Br. The van der Waals surface area contributed by atoms with Gasteiger partial charge in [-0.1, -0.05) is 0 Å². The second-order valence-corrected chi connectivity index (χ2v) is 3.81. The van der Waals surface area contributed by atoms with E-state index in [-0.39, 0.29) is 0 Å². The van der Waals surface area contributed by atoms with Crippen molar-refractivity contribution in [3.05, 3.63) is 22.3 Å². The lowest BCUT2D eigenvalue weighted by molar-refractivity contribution is 0.890. The van der Waals surface area contributed by atoms with Crippen LogP contribution in [0.4, 0.5) is 5.82 Å². The van der Waals surface area contributed by atoms with Crippen LogP contribution in [0.25, 0.3) is 0 Å². The van der Waals surface area contributed by atoms with E-state index in [0.29, 0.717) is 6.42 Å². The maximum absolute atomic E-state index is 8.34. The second-order valence-electron chi connectivity index (χ2n) is 2.95. The molecule has 0 fully saturated rings. The highest BCUT2D eigenvalue weighted by Gasteiger charge is 1.97. The van der Waals surface area contributed by atoms with Crippen molar-refractivity contribution in [2.24, 2.45) is 0 Å². The smallest absolute Gasteiger partial charge is 0.126 e. The zero-order valence-electron chi connectivity index (χ0n) is 8.05. The van der Waals surface area contributed by atoms with E-state index in [1.54, 1.807) is 0 Å². The molecule has 3 nitrogen and oxygen atoms in total. The van der Waals surface area contributed by atoms with Crippen molar-refractivity contribution in [2.75, 3.05) is 11.9 Å². The van der Waals surface area contributed by atoms with Crippen molar-refractivity contribution in [1.82, 2.24) is 4.98 Å². The molecule has 14 heavy (non-hydrogen) atoms. The summed E-state index contributed by atoms with van der Waals surface area (Å²) in [7, 11) is 0. The fourth-order valence-electron chi connectivity index (χ4n) is 1.03. The third-order valence-corrected chi connectivity index (χ3v) is 2.63. The molecule has 0 atom stereocenters. The molecule has 1 aromatic heterocycles. The molecule has 0 aromatic carbocycles. The van der Waals surface area contributed by atoms with Crippen LogP contribution in [-0.2, 0) is 0 Å². The lowest BCUT2D eigenvalue weighted by Gasteiger charge is -2.05. The Hall–Kier alpha value is -1.08. The molecule has 4 heteroatoms. The van der Waals surface area contributed by atoms with Gasteiger partial charge >= 0.3 is 0 Å². The summed E-state index contributed by atoms with van der Waals surface area (Å²) in [5.41, 5.74) is 0.968. The molecule has 0 bridgehead atoms. The number of hydrogen-bond acceptors (Lipinski definition) is 3. The summed E-state index contributed by atoms with van der Waals surface area (Å²) >= 11 is 3.39. The van der Waals surface area contributed by atoms with Crippen LogP contribution in [0.1, 0.15) is 18.5 Å². The number of aromatic nitrogens is 1. The number of anilines is 1. The first-order valence-electron chi connectivity index (χ1n) is 4.48. The molecule has 0 aliphatic heterocycles. The molecular weight excluding hydrogens is 242 g/mol. The zero-order chi connectivity index (χ0) is 10.4. The number of nitriles is 1. The minimum absolute atomic E-state index is 0.586. The van der Waals surface area contributed by atoms with E-state index in [0.717, 1.165) is 29.0 Å². The van der Waals surface area contributed by atoms with Gasteiger partial charge in [0.05, 0.1) is 11.8 Å². The lowest BCUT2D eigenvalue weighted by atomic mass is 10.3. The minimum Gasteiger partial charge on any atom is -0.370 e. The Morgan fingerprint density at radius 2 is 2.36 bits per heavy atom. The number of hydrogen-bond donors (Lipinski definition) is 1. The fraction of sp³-hybridized carbons (Fsp3) is 0.400. The van der Waals surface area contributed by atoms with E-state index in [9.17, 15) is 0 Å². The molecule has 0 radical (unpaired) electrons. The first kappa shape index (κ1) is 11.0. The van der Waals surface area contributed by atoms with Crippen LogP contribution in [0.2, 0.25) is 0 Å². The van der Waals surface area contributed by atoms with Crippen LogP contribution in [0.5, 0.6) is 0 Å².